The van der Waals surface area contributed by atoms with Crippen LogP contribution in [0.4, 0.5) is 0 Å². The van der Waals surface area contributed by atoms with Crippen molar-refractivity contribution in [3.63, 3.8) is 0 Å². The predicted molar refractivity (Wildman–Crippen MR) is 71.9 cm³/mol. The number of halogens is 2. The lowest BCUT2D eigenvalue weighted by atomic mass is 10.2. The first kappa shape index (κ1) is 12.6. The van der Waals surface area contributed by atoms with Crippen molar-refractivity contribution < 1.29 is 4.74 Å². The van der Waals surface area contributed by atoms with Gasteiger partial charge in [-0.1, -0.05) is 45.7 Å². The molecule has 0 fully saturated rings. The largest absolute Gasteiger partial charge is 0.372 e. The second-order valence-corrected chi connectivity index (χ2v) is 4.81. The highest BCUT2D eigenvalue weighted by atomic mass is 79.9. The van der Waals surface area contributed by atoms with Gasteiger partial charge in [-0.05, 0) is 29.3 Å². The highest BCUT2D eigenvalue weighted by Crippen LogP contribution is 2.17. The van der Waals surface area contributed by atoms with E-state index in [1.54, 1.807) is 6.20 Å². The van der Waals surface area contributed by atoms with Gasteiger partial charge in [0.15, 0.2) is 0 Å². The molecular formula is C13H11BrClNO. The summed E-state index contributed by atoms with van der Waals surface area (Å²) in [5, 5.41) is 0.493. The molecule has 2 rings (SSSR count). The van der Waals surface area contributed by atoms with Crippen LogP contribution in [0.15, 0.2) is 47.1 Å². The number of nitrogens with zero attached hydrogens (tertiary/aromatic N) is 1. The summed E-state index contributed by atoms with van der Waals surface area (Å²) in [5.74, 6) is 0. The molecule has 0 atom stereocenters. The Bertz CT molecular complexity index is 504. The number of ether oxygens (including phenoxy) is 1. The van der Waals surface area contributed by atoms with Crippen molar-refractivity contribution in [3.8, 4) is 0 Å². The first-order chi connectivity index (χ1) is 8.25. The Morgan fingerprint density at radius 1 is 1.18 bits per heavy atom. The van der Waals surface area contributed by atoms with Gasteiger partial charge in [0.2, 0.25) is 0 Å². The molecule has 0 N–H and O–H groups in total. The second-order valence-electron chi connectivity index (χ2n) is 3.57. The molecule has 0 aliphatic rings. The van der Waals surface area contributed by atoms with Crippen LogP contribution in [0.2, 0.25) is 5.15 Å². The van der Waals surface area contributed by atoms with Crippen molar-refractivity contribution >= 4 is 27.5 Å². The maximum absolute atomic E-state index is 5.79. The van der Waals surface area contributed by atoms with E-state index in [1.807, 2.05) is 36.4 Å². The molecule has 4 heteroatoms. The Balaban J connectivity index is 1.90. The van der Waals surface area contributed by atoms with E-state index >= 15 is 0 Å². The fourth-order valence-electron chi connectivity index (χ4n) is 1.43. The van der Waals surface area contributed by atoms with Gasteiger partial charge in [0, 0.05) is 10.7 Å². The molecule has 2 aromatic rings. The normalized spacial score (nSPS) is 10.5. The minimum Gasteiger partial charge on any atom is -0.372 e. The van der Waals surface area contributed by atoms with Crippen LogP contribution < -0.4 is 0 Å². The molecule has 0 bridgehead atoms. The summed E-state index contributed by atoms with van der Waals surface area (Å²) < 4.78 is 6.69. The van der Waals surface area contributed by atoms with Crippen LogP contribution in [0.3, 0.4) is 0 Å². The van der Waals surface area contributed by atoms with Crippen molar-refractivity contribution in [2.75, 3.05) is 0 Å². The summed E-state index contributed by atoms with van der Waals surface area (Å²) in [6, 6.07) is 11.7. The summed E-state index contributed by atoms with van der Waals surface area (Å²) >= 11 is 9.28. The molecule has 0 unspecified atom stereocenters. The van der Waals surface area contributed by atoms with Crippen molar-refractivity contribution in [2.45, 2.75) is 13.2 Å². The Labute approximate surface area is 114 Å². The van der Waals surface area contributed by atoms with Gasteiger partial charge in [0.05, 0.1) is 13.2 Å². The highest BCUT2D eigenvalue weighted by molar-refractivity contribution is 9.10. The van der Waals surface area contributed by atoms with Gasteiger partial charge >= 0.3 is 0 Å². The molecule has 0 aliphatic heterocycles. The van der Waals surface area contributed by atoms with Crippen molar-refractivity contribution in [1.29, 1.82) is 0 Å². The van der Waals surface area contributed by atoms with E-state index in [-0.39, 0.29) is 0 Å². The lowest BCUT2D eigenvalue weighted by Crippen LogP contribution is -1.95. The Kier molecular flexibility index (Phi) is 4.54. The Morgan fingerprint density at radius 2 is 2.00 bits per heavy atom. The number of hydrogen-bond donors (Lipinski definition) is 0. The van der Waals surface area contributed by atoms with E-state index in [0.717, 1.165) is 15.6 Å². The zero-order chi connectivity index (χ0) is 12.1. The van der Waals surface area contributed by atoms with Crippen LogP contribution in [0, 0.1) is 0 Å². The molecule has 88 valence electrons. The molecule has 17 heavy (non-hydrogen) atoms. The topological polar surface area (TPSA) is 22.1 Å². The van der Waals surface area contributed by atoms with E-state index in [4.69, 9.17) is 16.3 Å². The van der Waals surface area contributed by atoms with Crippen LogP contribution >= 0.6 is 27.5 Å². The lowest BCUT2D eigenvalue weighted by Gasteiger charge is -2.06. The SMILES string of the molecule is Clc1cc(COCc2ccccc2Br)ccn1. The third-order valence-electron chi connectivity index (χ3n) is 2.28. The summed E-state index contributed by atoms with van der Waals surface area (Å²) in [6.45, 7) is 1.10. The molecule has 0 aliphatic carbocycles. The number of pyridine rings is 1. The van der Waals surface area contributed by atoms with Crippen LogP contribution in [0.5, 0.6) is 0 Å². The van der Waals surface area contributed by atoms with E-state index in [9.17, 15) is 0 Å². The van der Waals surface area contributed by atoms with Gasteiger partial charge in [-0.3, -0.25) is 0 Å². The first-order valence-electron chi connectivity index (χ1n) is 5.17. The Hall–Kier alpha value is -0.900. The molecule has 1 aromatic carbocycles. The van der Waals surface area contributed by atoms with Gasteiger partial charge in [0.25, 0.3) is 0 Å². The summed E-state index contributed by atoms with van der Waals surface area (Å²) in [7, 11) is 0. The molecule has 0 spiro atoms. The molecule has 1 heterocycles. The average molecular weight is 313 g/mol. The molecule has 0 amide bonds. The van der Waals surface area contributed by atoms with Gasteiger partial charge in [-0.15, -0.1) is 0 Å². The van der Waals surface area contributed by atoms with Crippen LogP contribution in [0.25, 0.3) is 0 Å². The molecular weight excluding hydrogens is 302 g/mol. The van der Waals surface area contributed by atoms with Crippen LogP contribution in [-0.2, 0) is 18.0 Å². The predicted octanol–water partition coefficient (Wildman–Crippen LogP) is 4.21. The number of rotatable bonds is 4. The molecule has 0 saturated heterocycles. The highest BCUT2D eigenvalue weighted by Gasteiger charge is 1.99. The van der Waals surface area contributed by atoms with Crippen molar-refractivity contribution in [2.24, 2.45) is 0 Å². The average Bonchev–Trinajstić information content (AvgIpc) is 2.32. The zero-order valence-corrected chi connectivity index (χ0v) is 11.4. The summed E-state index contributed by atoms with van der Waals surface area (Å²) in [5.41, 5.74) is 2.16. The summed E-state index contributed by atoms with van der Waals surface area (Å²) in [6.07, 6.45) is 1.68. The quantitative estimate of drug-likeness (QED) is 0.789. The van der Waals surface area contributed by atoms with E-state index in [2.05, 4.69) is 20.9 Å². The number of benzene rings is 1. The van der Waals surface area contributed by atoms with E-state index in [1.165, 1.54) is 0 Å². The monoisotopic (exact) mass is 311 g/mol. The van der Waals surface area contributed by atoms with E-state index in [0.29, 0.717) is 18.4 Å². The van der Waals surface area contributed by atoms with Gasteiger partial charge < -0.3 is 4.74 Å². The maximum atomic E-state index is 5.79. The molecule has 2 nitrogen and oxygen atoms in total. The van der Waals surface area contributed by atoms with E-state index < -0.39 is 0 Å². The lowest BCUT2D eigenvalue weighted by molar-refractivity contribution is 0.106. The fraction of sp³-hybridized carbons (Fsp3) is 0.154. The van der Waals surface area contributed by atoms with Crippen molar-refractivity contribution in [1.82, 2.24) is 4.98 Å². The number of hydrogen-bond acceptors (Lipinski definition) is 2. The van der Waals surface area contributed by atoms with Gasteiger partial charge in [0.1, 0.15) is 5.15 Å². The second kappa shape index (κ2) is 6.15. The minimum absolute atomic E-state index is 0.493. The molecule has 1 aromatic heterocycles. The third-order valence-corrected chi connectivity index (χ3v) is 3.26. The third kappa shape index (κ3) is 3.80. The Morgan fingerprint density at radius 3 is 2.76 bits per heavy atom. The zero-order valence-electron chi connectivity index (χ0n) is 9.07. The number of aromatic nitrogens is 1. The maximum Gasteiger partial charge on any atom is 0.129 e. The fourth-order valence-corrected chi connectivity index (χ4v) is 2.02. The standard InChI is InChI=1S/C13H11BrClNO/c14-12-4-2-1-3-11(12)9-17-8-10-5-6-16-13(15)7-10/h1-7H,8-9H2. The van der Waals surface area contributed by atoms with Crippen molar-refractivity contribution in [3.05, 3.63) is 63.3 Å². The van der Waals surface area contributed by atoms with Gasteiger partial charge in [-0.25, -0.2) is 4.98 Å². The minimum atomic E-state index is 0.493. The van der Waals surface area contributed by atoms with Gasteiger partial charge in [-0.2, -0.15) is 0 Å². The summed E-state index contributed by atoms with van der Waals surface area (Å²) in [4.78, 5) is 3.92. The first-order valence-corrected chi connectivity index (χ1v) is 6.34. The van der Waals surface area contributed by atoms with Crippen LogP contribution in [-0.4, -0.2) is 4.98 Å². The molecule has 0 saturated carbocycles. The van der Waals surface area contributed by atoms with Crippen LogP contribution in [0.1, 0.15) is 11.1 Å². The molecule has 0 radical (unpaired) electrons. The smallest absolute Gasteiger partial charge is 0.129 e.